The van der Waals surface area contributed by atoms with Gasteiger partial charge in [-0.25, -0.2) is 4.79 Å². The zero-order valence-corrected chi connectivity index (χ0v) is 12.9. The Morgan fingerprint density at radius 1 is 1.14 bits per heavy atom. The third-order valence-corrected chi connectivity index (χ3v) is 3.27. The first-order valence-corrected chi connectivity index (χ1v) is 7.28. The van der Waals surface area contributed by atoms with Crippen molar-refractivity contribution in [3.63, 3.8) is 0 Å². The standard InChI is InChI=1S/C17H16ClNO3/c1-2-22-17(21)13-8-9-15(14(18)11-13)19-16(20)10-12-6-4-3-5-7-12/h3-9,11H,2,10H2,1H3,(H,19,20). The largest absolute Gasteiger partial charge is 0.462 e. The van der Waals surface area contributed by atoms with E-state index in [0.717, 1.165) is 5.56 Å². The molecule has 0 unspecified atom stereocenters. The molecule has 2 rings (SSSR count). The van der Waals surface area contributed by atoms with Crippen molar-refractivity contribution in [2.75, 3.05) is 11.9 Å². The number of halogens is 1. The van der Waals surface area contributed by atoms with Gasteiger partial charge in [0.15, 0.2) is 0 Å². The predicted octanol–water partition coefficient (Wildman–Crippen LogP) is 3.70. The minimum atomic E-state index is -0.438. The molecule has 114 valence electrons. The van der Waals surface area contributed by atoms with Gasteiger partial charge in [0.1, 0.15) is 0 Å². The molecule has 0 heterocycles. The van der Waals surface area contributed by atoms with Crippen LogP contribution in [-0.2, 0) is 16.0 Å². The van der Waals surface area contributed by atoms with Crippen LogP contribution in [0.1, 0.15) is 22.8 Å². The summed E-state index contributed by atoms with van der Waals surface area (Å²) in [6, 6.07) is 14.1. The second-order valence-electron chi connectivity index (χ2n) is 4.63. The highest BCUT2D eigenvalue weighted by atomic mass is 35.5. The number of carbonyl (C=O) groups excluding carboxylic acids is 2. The first kappa shape index (κ1) is 16.0. The topological polar surface area (TPSA) is 55.4 Å². The highest BCUT2D eigenvalue weighted by molar-refractivity contribution is 6.34. The number of anilines is 1. The van der Waals surface area contributed by atoms with E-state index in [2.05, 4.69) is 5.32 Å². The lowest BCUT2D eigenvalue weighted by atomic mass is 10.1. The third-order valence-electron chi connectivity index (χ3n) is 2.96. The van der Waals surface area contributed by atoms with E-state index in [4.69, 9.17) is 16.3 Å². The Kier molecular flexibility index (Phi) is 5.55. The van der Waals surface area contributed by atoms with E-state index in [1.165, 1.54) is 6.07 Å². The fraction of sp³-hybridized carbons (Fsp3) is 0.176. The zero-order valence-electron chi connectivity index (χ0n) is 12.1. The van der Waals surface area contributed by atoms with Gasteiger partial charge in [0, 0.05) is 0 Å². The van der Waals surface area contributed by atoms with Gasteiger partial charge >= 0.3 is 5.97 Å². The summed E-state index contributed by atoms with van der Waals surface area (Å²) in [5.74, 6) is -0.608. The van der Waals surface area contributed by atoms with Crippen LogP contribution in [0.5, 0.6) is 0 Å². The van der Waals surface area contributed by atoms with E-state index in [1.54, 1.807) is 19.1 Å². The van der Waals surface area contributed by atoms with E-state index in [0.29, 0.717) is 22.9 Å². The smallest absolute Gasteiger partial charge is 0.338 e. The first-order valence-electron chi connectivity index (χ1n) is 6.90. The lowest BCUT2D eigenvalue weighted by Crippen LogP contribution is -2.15. The molecule has 4 nitrogen and oxygen atoms in total. The second kappa shape index (κ2) is 7.61. The Morgan fingerprint density at radius 2 is 1.86 bits per heavy atom. The van der Waals surface area contributed by atoms with Crippen molar-refractivity contribution < 1.29 is 14.3 Å². The van der Waals surface area contributed by atoms with Crippen molar-refractivity contribution in [1.82, 2.24) is 0 Å². The Hall–Kier alpha value is -2.33. The maximum atomic E-state index is 12.0. The molecule has 0 aliphatic carbocycles. The predicted molar refractivity (Wildman–Crippen MR) is 86.2 cm³/mol. The summed E-state index contributed by atoms with van der Waals surface area (Å²) in [5, 5.41) is 3.03. The van der Waals surface area contributed by atoms with Crippen molar-refractivity contribution in [2.24, 2.45) is 0 Å². The van der Waals surface area contributed by atoms with Gasteiger partial charge in [-0.3, -0.25) is 4.79 Å². The number of rotatable bonds is 5. The molecule has 2 aromatic carbocycles. The molecular formula is C17H16ClNO3. The van der Waals surface area contributed by atoms with Crippen molar-refractivity contribution in [1.29, 1.82) is 0 Å². The number of hydrogen-bond acceptors (Lipinski definition) is 3. The highest BCUT2D eigenvalue weighted by Crippen LogP contribution is 2.23. The Morgan fingerprint density at radius 3 is 2.50 bits per heavy atom. The second-order valence-corrected chi connectivity index (χ2v) is 5.03. The summed E-state index contributed by atoms with van der Waals surface area (Å²) in [5.41, 5.74) is 1.74. The van der Waals surface area contributed by atoms with Gasteiger partial charge in [-0.2, -0.15) is 0 Å². The van der Waals surface area contributed by atoms with Crippen molar-refractivity contribution in [3.8, 4) is 0 Å². The summed E-state index contributed by atoms with van der Waals surface area (Å²) >= 11 is 6.10. The number of hydrogen-bond donors (Lipinski definition) is 1. The van der Waals surface area contributed by atoms with E-state index in [1.807, 2.05) is 30.3 Å². The van der Waals surface area contributed by atoms with E-state index >= 15 is 0 Å². The van der Waals surface area contributed by atoms with Crippen molar-refractivity contribution in [3.05, 3.63) is 64.7 Å². The fourth-order valence-electron chi connectivity index (χ4n) is 1.93. The highest BCUT2D eigenvalue weighted by Gasteiger charge is 2.11. The molecule has 0 spiro atoms. The van der Waals surface area contributed by atoms with Gasteiger partial charge in [-0.05, 0) is 30.7 Å². The minimum absolute atomic E-state index is 0.169. The van der Waals surface area contributed by atoms with Gasteiger partial charge in [-0.15, -0.1) is 0 Å². The Labute approximate surface area is 134 Å². The normalized spacial score (nSPS) is 10.1. The first-order chi connectivity index (χ1) is 10.6. The maximum Gasteiger partial charge on any atom is 0.338 e. The van der Waals surface area contributed by atoms with Crippen molar-refractivity contribution >= 4 is 29.2 Å². The number of esters is 1. The van der Waals surface area contributed by atoms with Crippen LogP contribution in [0, 0.1) is 0 Å². The molecule has 0 radical (unpaired) electrons. The van der Waals surface area contributed by atoms with Crippen LogP contribution >= 0.6 is 11.6 Å². The van der Waals surface area contributed by atoms with E-state index in [-0.39, 0.29) is 12.3 Å². The summed E-state index contributed by atoms with van der Waals surface area (Å²) in [7, 11) is 0. The SMILES string of the molecule is CCOC(=O)c1ccc(NC(=O)Cc2ccccc2)c(Cl)c1. The van der Waals surface area contributed by atoms with Gasteiger partial charge in [0.25, 0.3) is 0 Å². The quantitative estimate of drug-likeness (QED) is 0.855. The van der Waals surface area contributed by atoms with Gasteiger partial charge in [0.2, 0.25) is 5.91 Å². The van der Waals surface area contributed by atoms with Gasteiger partial charge in [0.05, 0.1) is 29.3 Å². The van der Waals surface area contributed by atoms with Crippen LogP contribution in [0.25, 0.3) is 0 Å². The maximum absolute atomic E-state index is 12.0. The molecule has 0 saturated heterocycles. The Bertz CT molecular complexity index is 671. The summed E-state index contributed by atoms with van der Waals surface area (Å²) in [6.45, 7) is 2.03. The molecular weight excluding hydrogens is 302 g/mol. The van der Waals surface area contributed by atoms with Gasteiger partial charge in [-0.1, -0.05) is 41.9 Å². The van der Waals surface area contributed by atoms with Crippen molar-refractivity contribution in [2.45, 2.75) is 13.3 Å². The van der Waals surface area contributed by atoms with Crippen LogP contribution in [0.15, 0.2) is 48.5 Å². The van der Waals surface area contributed by atoms with Gasteiger partial charge < -0.3 is 10.1 Å². The van der Waals surface area contributed by atoms with Crippen LogP contribution < -0.4 is 5.32 Å². The molecule has 22 heavy (non-hydrogen) atoms. The monoisotopic (exact) mass is 317 g/mol. The van der Waals surface area contributed by atoms with E-state index in [9.17, 15) is 9.59 Å². The summed E-state index contributed by atoms with van der Waals surface area (Å²) < 4.78 is 4.90. The van der Waals surface area contributed by atoms with E-state index < -0.39 is 5.97 Å². The zero-order chi connectivity index (χ0) is 15.9. The molecule has 0 atom stereocenters. The minimum Gasteiger partial charge on any atom is -0.462 e. The van der Waals surface area contributed by atoms with Crippen LogP contribution in [0.4, 0.5) is 5.69 Å². The number of amides is 1. The van der Waals surface area contributed by atoms with Crippen LogP contribution in [-0.4, -0.2) is 18.5 Å². The molecule has 0 aromatic heterocycles. The fourth-order valence-corrected chi connectivity index (χ4v) is 2.16. The summed E-state index contributed by atoms with van der Waals surface area (Å²) in [6.07, 6.45) is 0.261. The number of ether oxygens (including phenoxy) is 1. The number of carbonyl (C=O) groups is 2. The molecule has 0 aliphatic rings. The number of nitrogens with one attached hydrogen (secondary N) is 1. The van der Waals surface area contributed by atoms with Crippen LogP contribution in [0.2, 0.25) is 5.02 Å². The number of benzene rings is 2. The molecule has 5 heteroatoms. The molecule has 2 aromatic rings. The summed E-state index contributed by atoms with van der Waals surface area (Å²) in [4.78, 5) is 23.6. The molecule has 0 fully saturated rings. The third kappa shape index (κ3) is 4.33. The average molecular weight is 318 g/mol. The lowest BCUT2D eigenvalue weighted by Gasteiger charge is -2.09. The van der Waals surface area contributed by atoms with Crippen LogP contribution in [0.3, 0.4) is 0 Å². The Balaban J connectivity index is 2.04. The average Bonchev–Trinajstić information content (AvgIpc) is 2.50. The molecule has 1 N–H and O–H groups in total. The molecule has 0 bridgehead atoms. The molecule has 0 aliphatic heterocycles. The molecule has 0 saturated carbocycles. The molecule has 1 amide bonds. The lowest BCUT2D eigenvalue weighted by molar-refractivity contribution is -0.115.